The fourth-order valence-corrected chi connectivity index (χ4v) is 2.98. The maximum atomic E-state index is 12.0. The number of hydrogen-bond acceptors (Lipinski definition) is 3. The average molecular weight is 320 g/mol. The molecule has 0 heterocycles. The van der Waals surface area contributed by atoms with Crippen LogP contribution in [0.4, 0.5) is 0 Å². The van der Waals surface area contributed by atoms with Crippen LogP contribution in [0.3, 0.4) is 0 Å². The Hall–Kier alpha value is -0.810. The minimum Gasteiger partial charge on any atom is -0.481 e. The van der Waals surface area contributed by atoms with Crippen molar-refractivity contribution in [3.63, 3.8) is 0 Å². The van der Waals surface area contributed by atoms with Gasteiger partial charge in [-0.2, -0.15) is 0 Å². The number of halogens is 1. The zero-order chi connectivity index (χ0) is 15.7. The molecule has 0 spiro atoms. The van der Waals surface area contributed by atoms with Crippen molar-refractivity contribution < 1.29 is 19.8 Å². The van der Waals surface area contributed by atoms with E-state index in [1.807, 2.05) is 0 Å². The third kappa shape index (κ3) is 7.67. The Kier molecular flexibility index (Phi) is 8.69. The first-order chi connectivity index (χ1) is 10.0. The topological polar surface area (TPSA) is 86.6 Å². The summed E-state index contributed by atoms with van der Waals surface area (Å²) in [5.41, 5.74) is 0. The van der Waals surface area contributed by atoms with Crippen LogP contribution >= 0.6 is 11.6 Å². The molecule has 0 saturated heterocycles. The molecule has 1 saturated carbocycles. The van der Waals surface area contributed by atoms with Gasteiger partial charge in [0.25, 0.3) is 0 Å². The number of carboxylic acids is 1. The van der Waals surface area contributed by atoms with E-state index in [0.717, 1.165) is 32.1 Å². The van der Waals surface area contributed by atoms with Gasteiger partial charge in [-0.3, -0.25) is 9.59 Å². The molecular weight excluding hydrogens is 294 g/mol. The largest absolute Gasteiger partial charge is 0.481 e. The second kappa shape index (κ2) is 10.0. The summed E-state index contributed by atoms with van der Waals surface area (Å²) in [6.07, 6.45) is 6.04. The Morgan fingerprint density at radius 3 is 2.48 bits per heavy atom. The number of alkyl halides is 1. The number of rotatable bonds is 9. The van der Waals surface area contributed by atoms with Crippen LogP contribution in [0.25, 0.3) is 0 Å². The normalized spacial score (nSPS) is 25.5. The highest BCUT2D eigenvalue weighted by Crippen LogP contribution is 2.28. The maximum Gasteiger partial charge on any atom is 0.303 e. The van der Waals surface area contributed by atoms with Crippen LogP contribution in [0.2, 0.25) is 0 Å². The van der Waals surface area contributed by atoms with Crippen LogP contribution in [0.15, 0.2) is 0 Å². The summed E-state index contributed by atoms with van der Waals surface area (Å²) in [7, 11) is 0. The molecule has 6 heteroatoms. The van der Waals surface area contributed by atoms with Crippen molar-refractivity contribution in [3.8, 4) is 0 Å². The molecule has 1 amide bonds. The Bertz CT molecular complexity index is 338. The number of carboxylic acid groups (broad SMARTS) is 1. The summed E-state index contributed by atoms with van der Waals surface area (Å²) < 4.78 is 0. The van der Waals surface area contributed by atoms with Crippen LogP contribution in [0.5, 0.6) is 0 Å². The molecule has 0 bridgehead atoms. The first-order valence-electron chi connectivity index (χ1n) is 7.82. The van der Waals surface area contributed by atoms with Crippen LogP contribution in [0, 0.1) is 5.92 Å². The third-order valence-corrected chi connectivity index (χ3v) is 4.35. The summed E-state index contributed by atoms with van der Waals surface area (Å²) in [6, 6.07) is 0. The van der Waals surface area contributed by atoms with Gasteiger partial charge in [-0.05, 0) is 32.1 Å². The molecule has 1 rings (SSSR count). The predicted octanol–water partition coefficient (Wildman–Crippen LogP) is 2.30. The molecule has 3 atom stereocenters. The Labute approximate surface area is 131 Å². The first kappa shape index (κ1) is 18.2. The molecule has 5 nitrogen and oxygen atoms in total. The van der Waals surface area contributed by atoms with Gasteiger partial charge in [-0.25, -0.2) is 0 Å². The Balaban J connectivity index is 2.04. The average Bonchev–Trinajstić information content (AvgIpc) is 2.43. The maximum absolute atomic E-state index is 12.0. The molecule has 3 N–H and O–H groups in total. The van der Waals surface area contributed by atoms with E-state index in [2.05, 4.69) is 5.32 Å². The summed E-state index contributed by atoms with van der Waals surface area (Å²) in [6.45, 7) is 0.605. The van der Waals surface area contributed by atoms with Crippen molar-refractivity contribution in [3.05, 3.63) is 0 Å². The highest BCUT2D eigenvalue weighted by molar-refractivity contribution is 6.20. The monoisotopic (exact) mass is 319 g/mol. The summed E-state index contributed by atoms with van der Waals surface area (Å²) >= 11 is 6.04. The van der Waals surface area contributed by atoms with Crippen molar-refractivity contribution >= 4 is 23.5 Å². The molecule has 122 valence electrons. The fourth-order valence-electron chi connectivity index (χ4n) is 2.66. The lowest BCUT2D eigenvalue weighted by molar-refractivity contribution is -0.137. The Morgan fingerprint density at radius 2 is 1.76 bits per heavy atom. The zero-order valence-corrected chi connectivity index (χ0v) is 13.1. The molecule has 0 aromatic heterocycles. The van der Waals surface area contributed by atoms with Crippen molar-refractivity contribution in [2.75, 3.05) is 6.54 Å². The van der Waals surface area contributed by atoms with E-state index in [9.17, 15) is 14.7 Å². The van der Waals surface area contributed by atoms with Crippen molar-refractivity contribution in [2.24, 2.45) is 5.92 Å². The van der Waals surface area contributed by atoms with Gasteiger partial charge in [0.1, 0.15) is 0 Å². The second-order valence-electron chi connectivity index (χ2n) is 5.79. The number of aliphatic hydroxyl groups is 1. The van der Waals surface area contributed by atoms with Gasteiger partial charge in [0.2, 0.25) is 5.91 Å². The predicted molar refractivity (Wildman–Crippen MR) is 81.3 cm³/mol. The van der Waals surface area contributed by atoms with E-state index in [4.69, 9.17) is 16.7 Å². The van der Waals surface area contributed by atoms with Gasteiger partial charge in [-0.15, -0.1) is 11.6 Å². The van der Waals surface area contributed by atoms with E-state index in [0.29, 0.717) is 25.8 Å². The van der Waals surface area contributed by atoms with Crippen molar-refractivity contribution in [2.45, 2.75) is 69.3 Å². The fraction of sp³-hybridized carbons (Fsp3) is 0.867. The molecule has 0 aromatic rings. The van der Waals surface area contributed by atoms with Crippen LogP contribution < -0.4 is 5.32 Å². The quantitative estimate of drug-likeness (QED) is 0.449. The summed E-state index contributed by atoms with van der Waals surface area (Å²) in [4.78, 5) is 22.3. The molecule has 0 aliphatic heterocycles. The minimum atomic E-state index is -0.745. The lowest BCUT2D eigenvalue weighted by Gasteiger charge is -2.29. The smallest absolute Gasteiger partial charge is 0.303 e. The van der Waals surface area contributed by atoms with Gasteiger partial charge >= 0.3 is 5.97 Å². The molecule has 0 radical (unpaired) electrons. The first-order valence-corrected chi connectivity index (χ1v) is 8.26. The van der Waals surface area contributed by atoms with Gasteiger partial charge in [-0.1, -0.05) is 19.3 Å². The number of amides is 1. The van der Waals surface area contributed by atoms with Gasteiger partial charge in [0, 0.05) is 18.3 Å². The van der Waals surface area contributed by atoms with Crippen molar-refractivity contribution in [1.29, 1.82) is 0 Å². The number of nitrogens with one attached hydrogen (secondary N) is 1. The van der Waals surface area contributed by atoms with E-state index in [1.165, 1.54) is 0 Å². The summed E-state index contributed by atoms with van der Waals surface area (Å²) in [5, 5.41) is 21.2. The number of aliphatic hydroxyl groups excluding tert-OH is 1. The number of carbonyl (C=O) groups is 2. The lowest BCUT2D eigenvalue weighted by atomic mass is 9.85. The highest BCUT2D eigenvalue weighted by Gasteiger charge is 2.33. The molecule has 1 fully saturated rings. The van der Waals surface area contributed by atoms with Crippen LogP contribution in [-0.2, 0) is 9.59 Å². The SMILES string of the molecule is O=C(O)CCCCCCCNC(=O)C1CC(Cl)CCC1O. The number of aliphatic carboxylic acids is 1. The van der Waals surface area contributed by atoms with Gasteiger partial charge < -0.3 is 15.5 Å². The van der Waals surface area contributed by atoms with E-state index >= 15 is 0 Å². The lowest BCUT2D eigenvalue weighted by Crippen LogP contribution is -2.42. The number of carbonyl (C=O) groups excluding carboxylic acids is 1. The van der Waals surface area contributed by atoms with E-state index < -0.39 is 12.1 Å². The standard InChI is InChI=1S/C15H26ClNO4/c16-11-7-8-13(18)12(10-11)15(21)17-9-5-3-1-2-4-6-14(19)20/h11-13,18H,1-10H2,(H,17,21)(H,19,20). The molecule has 0 aromatic carbocycles. The molecule has 21 heavy (non-hydrogen) atoms. The molecule has 1 aliphatic rings. The van der Waals surface area contributed by atoms with Gasteiger partial charge in [0.15, 0.2) is 0 Å². The highest BCUT2D eigenvalue weighted by atomic mass is 35.5. The zero-order valence-electron chi connectivity index (χ0n) is 12.4. The van der Waals surface area contributed by atoms with E-state index in [1.54, 1.807) is 0 Å². The minimum absolute atomic E-state index is 0.0154. The molecule has 1 aliphatic carbocycles. The van der Waals surface area contributed by atoms with Crippen LogP contribution in [0.1, 0.15) is 57.8 Å². The van der Waals surface area contributed by atoms with Gasteiger partial charge in [0.05, 0.1) is 12.0 Å². The Morgan fingerprint density at radius 1 is 1.10 bits per heavy atom. The summed E-state index contributed by atoms with van der Waals surface area (Å²) in [5.74, 6) is -1.22. The number of unbranched alkanes of at least 4 members (excludes halogenated alkanes) is 4. The third-order valence-electron chi connectivity index (χ3n) is 3.95. The second-order valence-corrected chi connectivity index (χ2v) is 6.40. The molecule has 3 unspecified atom stereocenters. The number of hydrogen-bond donors (Lipinski definition) is 3. The van der Waals surface area contributed by atoms with E-state index in [-0.39, 0.29) is 23.6 Å². The van der Waals surface area contributed by atoms with Crippen LogP contribution in [-0.4, -0.2) is 40.1 Å². The van der Waals surface area contributed by atoms with Crippen molar-refractivity contribution in [1.82, 2.24) is 5.32 Å². The molecular formula is C15H26ClNO4.